The van der Waals surface area contributed by atoms with Crippen molar-refractivity contribution < 1.29 is 9.52 Å². The highest BCUT2D eigenvalue weighted by atomic mass is 16.3. The van der Waals surface area contributed by atoms with Gasteiger partial charge in [0.2, 0.25) is 0 Å². The van der Waals surface area contributed by atoms with Crippen molar-refractivity contribution in [2.24, 2.45) is 5.92 Å². The van der Waals surface area contributed by atoms with E-state index in [1.165, 1.54) is 6.33 Å². The number of aliphatic hydroxyl groups excluding tert-OH is 1. The maximum Gasteiger partial charge on any atom is 0.194 e. The number of furan rings is 1. The van der Waals surface area contributed by atoms with E-state index in [0.29, 0.717) is 11.4 Å². The summed E-state index contributed by atoms with van der Waals surface area (Å²) in [5, 5.41) is 9.12. The lowest BCUT2D eigenvalue weighted by Crippen LogP contribution is -2.01. The monoisotopic (exact) mass is 231 g/mol. The molecule has 17 heavy (non-hydrogen) atoms. The van der Waals surface area contributed by atoms with Crippen LogP contribution >= 0.6 is 0 Å². The van der Waals surface area contributed by atoms with Crippen LogP contribution < -0.4 is 5.73 Å². The van der Waals surface area contributed by atoms with Crippen LogP contribution in [0, 0.1) is 5.92 Å². The number of hydrogen-bond donors (Lipinski definition) is 2. The molecular weight excluding hydrogens is 218 g/mol. The van der Waals surface area contributed by atoms with E-state index in [9.17, 15) is 0 Å². The van der Waals surface area contributed by atoms with E-state index in [4.69, 9.17) is 15.3 Å². The first-order valence-corrected chi connectivity index (χ1v) is 5.56. The third kappa shape index (κ3) is 1.59. The largest absolute Gasteiger partial charge is 0.458 e. The van der Waals surface area contributed by atoms with Crippen LogP contribution in [0.3, 0.4) is 0 Å². The second-order valence-corrected chi connectivity index (χ2v) is 4.30. The summed E-state index contributed by atoms with van der Waals surface area (Å²) >= 11 is 0. The number of aliphatic hydroxyl groups is 1. The molecule has 0 spiro atoms. The van der Waals surface area contributed by atoms with E-state index in [0.717, 1.165) is 17.5 Å². The second-order valence-electron chi connectivity index (χ2n) is 4.30. The number of rotatable bonds is 2. The van der Waals surface area contributed by atoms with E-state index in [-0.39, 0.29) is 18.4 Å². The van der Waals surface area contributed by atoms with Crippen molar-refractivity contribution in [2.45, 2.75) is 12.3 Å². The van der Waals surface area contributed by atoms with Gasteiger partial charge in [-0.1, -0.05) is 12.2 Å². The minimum absolute atomic E-state index is 0.180. The van der Waals surface area contributed by atoms with Crippen LogP contribution in [0.1, 0.15) is 17.9 Å². The third-order valence-corrected chi connectivity index (χ3v) is 3.21. The number of anilines is 1. The highest BCUT2D eigenvalue weighted by Crippen LogP contribution is 2.36. The van der Waals surface area contributed by atoms with Crippen molar-refractivity contribution in [1.29, 1.82) is 0 Å². The quantitative estimate of drug-likeness (QED) is 0.764. The molecule has 5 nitrogen and oxygen atoms in total. The van der Waals surface area contributed by atoms with Crippen LogP contribution in [0.2, 0.25) is 0 Å². The van der Waals surface area contributed by atoms with Gasteiger partial charge in [0.15, 0.2) is 11.4 Å². The van der Waals surface area contributed by atoms with Gasteiger partial charge in [0.1, 0.15) is 11.8 Å². The molecule has 0 bridgehead atoms. The number of allylic oxidation sites excluding steroid dienone is 1. The lowest BCUT2D eigenvalue weighted by molar-refractivity contribution is 0.249. The Kier molecular flexibility index (Phi) is 2.33. The Bertz CT molecular complexity index is 576. The third-order valence-electron chi connectivity index (χ3n) is 3.21. The molecule has 3 N–H and O–H groups in total. The number of nitrogens with zero attached hydrogens (tertiary/aromatic N) is 2. The van der Waals surface area contributed by atoms with Crippen molar-refractivity contribution in [2.75, 3.05) is 12.3 Å². The second kappa shape index (κ2) is 3.85. The Balaban J connectivity index is 2.02. The standard InChI is InChI=1S/C12H13N3O2/c13-12-11-10(14-6-15-12)9(5-17-11)8-2-1-7(3-8)4-16/h1-2,5-8,16H,3-4H2,(H2,13,14,15)/t7-,8+/m1/s1. The number of nitrogens with two attached hydrogens (primary N) is 1. The molecule has 1 aliphatic rings. The SMILES string of the molecule is Nc1ncnc2c([C@H]3C=C[C@@H](CO)C3)coc12. The van der Waals surface area contributed by atoms with Crippen molar-refractivity contribution >= 4 is 16.9 Å². The summed E-state index contributed by atoms with van der Waals surface area (Å²) in [5.74, 6) is 0.828. The van der Waals surface area contributed by atoms with Gasteiger partial charge in [-0.2, -0.15) is 0 Å². The zero-order valence-corrected chi connectivity index (χ0v) is 9.21. The summed E-state index contributed by atoms with van der Waals surface area (Å²) < 4.78 is 5.41. The summed E-state index contributed by atoms with van der Waals surface area (Å²) in [5.41, 5.74) is 8.05. The lowest BCUT2D eigenvalue weighted by Gasteiger charge is -2.07. The van der Waals surface area contributed by atoms with Gasteiger partial charge in [0, 0.05) is 24.0 Å². The van der Waals surface area contributed by atoms with Crippen molar-refractivity contribution in [3.05, 3.63) is 30.3 Å². The van der Waals surface area contributed by atoms with Gasteiger partial charge in [-0.15, -0.1) is 0 Å². The molecule has 2 heterocycles. The summed E-state index contributed by atoms with van der Waals surface area (Å²) in [4.78, 5) is 8.11. The van der Waals surface area contributed by atoms with Crippen molar-refractivity contribution in [3.8, 4) is 0 Å². The average Bonchev–Trinajstić information content (AvgIpc) is 2.94. The van der Waals surface area contributed by atoms with Gasteiger partial charge < -0.3 is 15.3 Å². The molecule has 0 radical (unpaired) electrons. The topological polar surface area (TPSA) is 85.2 Å². The Hall–Kier alpha value is -1.88. The zero-order chi connectivity index (χ0) is 11.8. The van der Waals surface area contributed by atoms with Crippen LogP contribution in [0.5, 0.6) is 0 Å². The maximum atomic E-state index is 9.12. The average molecular weight is 231 g/mol. The van der Waals surface area contributed by atoms with Gasteiger partial charge in [0.25, 0.3) is 0 Å². The van der Waals surface area contributed by atoms with Gasteiger partial charge in [-0.3, -0.25) is 0 Å². The first-order chi connectivity index (χ1) is 8.29. The Morgan fingerprint density at radius 3 is 3.06 bits per heavy atom. The van der Waals surface area contributed by atoms with Crippen LogP contribution in [0.4, 0.5) is 5.82 Å². The normalized spacial score (nSPS) is 23.6. The maximum absolute atomic E-state index is 9.12. The fourth-order valence-electron chi connectivity index (χ4n) is 2.29. The molecular formula is C12H13N3O2. The molecule has 88 valence electrons. The predicted molar refractivity (Wildman–Crippen MR) is 63.3 cm³/mol. The van der Waals surface area contributed by atoms with Crippen LogP contribution in [0.15, 0.2) is 29.2 Å². The molecule has 2 aromatic heterocycles. The Morgan fingerprint density at radius 2 is 2.29 bits per heavy atom. The smallest absolute Gasteiger partial charge is 0.194 e. The molecule has 0 unspecified atom stereocenters. The molecule has 0 aromatic carbocycles. The highest BCUT2D eigenvalue weighted by molar-refractivity contribution is 5.85. The summed E-state index contributed by atoms with van der Waals surface area (Å²) in [7, 11) is 0. The van der Waals surface area contributed by atoms with E-state index >= 15 is 0 Å². The van der Waals surface area contributed by atoms with Crippen LogP contribution in [0.25, 0.3) is 11.1 Å². The first-order valence-electron chi connectivity index (χ1n) is 5.56. The minimum atomic E-state index is 0.180. The number of aromatic nitrogens is 2. The number of nitrogen functional groups attached to an aromatic ring is 1. The molecule has 0 saturated heterocycles. The molecule has 3 rings (SSSR count). The molecule has 0 aliphatic heterocycles. The molecule has 2 aromatic rings. The fraction of sp³-hybridized carbons (Fsp3) is 0.333. The number of fused-ring (bicyclic) bond motifs is 1. The van der Waals surface area contributed by atoms with Gasteiger partial charge in [-0.25, -0.2) is 9.97 Å². The Morgan fingerprint density at radius 1 is 1.41 bits per heavy atom. The molecule has 0 saturated carbocycles. The van der Waals surface area contributed by atoms with Crippen molar-refractivity contribution in [1.82, 2.24) is 9.97 Å². The van der Waals surface area contributed by atoms with Gasteiger partial charge in [0.05, 0.1) is 6.26 Å². The summed E-state index contributed by atoms with van der Waals surface area (Å²) in [6.07, 6.45) is 8.13. The number of hydrogen-bond acceptors (Lipinski definition) is 5. The molecule has 0 fully saturated rings. The first kappa shape index (κ1) is 10.3. The molecule has 0 amide bonds. The highest BCUT2D eigenvalue weighted by Gasteiger charge is 2.24. The fourth-order valence-corrected chi connectivity index (χ4v) is 2.29. The van der Waals surface area contributed by atoms with E-state index in [1.54, 1.807) is 6.26 Å². The minimum Gasteiger partial charge on any atom is -0.458 e. The Labute approximate surface area is 98.0 Å². The molecule has 5 heteroatoms. The van der Waals surface area contributed by atoms with Gasteiger partial charge >= 0.3 is 0 Å². The zero-order valence-electron chi connectivity index (χ0n) is 9.21. The van der Waals surface area contributed by atoms with Crippen LogP contribution in [-0.2, 0) is 0 Å². The molecule has 1 aliphatic carbocycles. The lowest BCUT2D eigenvalue weighted by atomic mass is 9.97. The van der Waals surface area contributed by atoms with E-state index in [1.807, 2.05) is 6.08 Å². The summed E-state index contributed by atoms with van der Waals surface area (Å²) in [6.45, 7) is 0.180. The van der Waals surface area contributed by atoms with E-state index in [2.05, 4.69) is 16.0 Å². The van der Waals surface area contributed by atoms with E-state index < -0.39 is 0 Å². The molecule has 2 atom stereocenters. The van der Waals surface area contributed by atoms with Gasteiger partial charge in [-0.05, 0) is 6.42 Å². The van der Waals surface area contributed by atoms with Crippen LogP contribution in [-0.4, -0.2) is 21.7 Å². The summed E-state index contributed by atoms with van der Waals surface area (Å²) in [6, 6.07) is 0. The predicted octanol–water partition coefficient (Wildman–Crippen LogP) is 1.46. The van der Waals surface area contributed by atoms with Crippen molar-refractivity contribution in [3.63, 3.8) is 0 Å².